The Hall–Kier alpha value is -3.62. The highest BCUT2D eigenvalue weighted by Crippen LogP contribution is 2.26. The van der Waals surface area contributed by atoms with Crippen molar-refractivity contribution in [2.45, 2.75) is 32.9 Å². The van der Waals surface area contributed by atoms with E-state index in [2.05, 4.69) is 40.1 Å². The Morgan fingerprint density at radius 3 is 2.69 bits per heavy atom. The van der Waals surface area contributed by atoms with Crippen molar-refractivity contribution in [1.82, 2.24) is 40.0 Å². The third-order valence-electron chi connectivity index (χ3n) is 5.03. The summed E-state index contributed by atoms with van der Waals surface area (Å²) in [7, 11) is 0. The molecule has 3 aromatic heterocycles. The molecule has 1 aromatic carbocycles. The summed E-state index contributed by atoms with van der Waals surface area (Å²) in [5.41, 5.74) is 3.08. The second-order valence-electron chi connectivity index (χ2n) is 7.17. The number of hydrogen-bond acceptors (Lipinski definition) is 7. The van der Waals surface area contributed by atoms with Crippen molar-refractivity contribution >= 4 is 5.95 Å². The number of rotatable bonds is 4. The summed E-state index contributed by atoms with van der Waals surface area (Å²) < 4.78 is 2.17. The Balaban J connectivity index is 1.43. The summed E-state index contributed by atoms with van der Waals surface area (Å²) >= 11 is 0. The highest BCUT2D eigenvalue weighted by Gasteiger charge is 2.23. The number of tetrazole rings is 1. The van der Waals surface area contributed by atoms with Gasteiger partial charge in [0.2, 0.25) is 5.95 Å². The number of anilines is 1. The Morgan fingerprint density at radius 2 is 1.83 bits per heavy atom. The van der Waals surface area contributed by atoms with E-state index in [4.69, 9.17) is 0 Å². The SMILES string of the molecule is Cc1cccc(-n2nnc(CN3CCCCn4c(-c5ccncc5)nnc43)n2)c1. The summed E-state index contributed by atoms with van der Waals surface area (Å²) in [4.78, 5) is 7.86. The Morgan fingerprint density at radius 1 is 0.966 bits per heavy atom. The number of nitrogens with zero attached hydrogens (tertiary/aromatic N) is 9. The standard InChI is InChI=1S/C20H21N9/c1-15-5-4-6-17(13-15)29-25-18(22-26-29)14-27-11-2-3-12-28-19(23-24-20(27)28)16-7-9-21-10-8-16/h4-10,13H,2-3,11-12,14H2,1H3. The fourth-order valence-electron chi connectivity index (χ4n) is 3.61. The lowest BCUT2D eigenvalue weighted by atomic mass is 10.2. The van der Waals surface area contributed by atoms with Gasteiger partial charge in [-0.2, -0.15) is 0 Å². The lowest BCUT2D eigenvalue weighted by Gasteiger charge is -2.19. The molecule has 146 valence electrons. The molecule has 0 atom stereocenters. The average Bonchev–Trinajstić information content (AvgIpc) is 3.33. The molecule has 4 aromatic rings. The monoisotopic (exact) mass is 387 g/mol. The molecule has 29 heavy (non-hydrogen) atoms. The number of aryl methyl sites for hydroxylation is 1. The molecule has 0 radical (unpaired) electrons. The van der Waals surface area contributed by atoms with Crippen molar-refractivity contribution in [3.05, 3.63) is 60.2 Å². The van der Waals surface area contributed by atoms with Gasteiger partial charge < -0.3 is 4.90 Å². The van der Waals surface area contributed by atoms with E-state index < -0.39 is 0 Å². The molecule has 0 amide bonds. The summed E-state index contributed by atoms with van der Waals surface area (Å²) in [6.07, 6.45) is 5.70. The summed E-state index contributed by atoms with van der Waals surface area (Å²) in [6.45, 7) is 4.36. The zero-order valence-electron chi connectivity index (χ0n) is 16.2. The zero-order chi connectivity index (χ0) is 19.6. The van der Waals surface area contributed by atoms with Gasteiger partial charge in [0.25, 0.3) is 0 Å². The minimum atomic E-state index is 0.542. The normalized spacial score (nSPS) is 13.9. The van der Waals surface area contributed by atoms with Crippen LogP contribution in [0.4, 0.5) is 5.95 Å². The van der Waals surface area contributed by atoms with E-state index in [9.17, 15) is 0 Å². The molecule has 4 heterocycles. The van der Waals surface area contributed by atoms with Gasteiger partial charge in [-0.05, 0) is 54.8 Å². The van der Waals surface area contributed by atoms with Crippen LogP contribution in [0.3, 0.4) is 0 Å². The molecule has 0 bridgehead atoms. The number of hydrogen-bond donors (Lipinski definition) is 0. The Kier molecular flexibility index (Phi) is 4.47. The van der Waals surface area contributed by atoms with Gasteiger partial charge in [-0.1, -0.05) is 12.1 Å². The number of pyridine rings is 1. The molecule has 0 saturated heterocycles. The van der Waals surface area contributed by atoms with E-state index in [-0.39, 0.29) is 0 Å². The minimum Gasteiger partial charge on any atom is -0.333 e. The predicted octanol–water partition coefficient (Wildman–Crippen LogP) is 2.42. The van der Waals surface area contributed by atoms with Crippen LogP contribution in [0.25, 0.3) is 17.1 Å². The van der Waals surface area contributed by atoms with Gasteiger partial charge in [0.1, 0.15) is 0 Å². The Bertz CT molecular complexity index is 1120. The first kappa shape index (κ1) is 17.5. The van der Waals surface area contributed by atoms with Crippen LogP contribution in [-0.2, 0) is 13.1 Å². The third-order valence-corrected chi connectivity index (χ3v) is 5.03. The fraction of sp³-hybridized carbons (Fsp3) is 0.300. The Labute approximate surface area is 168 Å². The van der Waals surface area contributed by atoms with Crippen LogP contribution < -0.4 is 4.90 Å². The highest BCUT2D eigenvalue weighted by atomic mass is 15.6. The average molecular weight is 387 g/mol. The van der Waals surface area contributed by atoms with Gasteiger partial charge in [0, 0.05) is 31.0 Å². The van der Waals surface area contributed by atoms with Crippen molar-refractivity contribution < 1.29 is 0 Å². The zero-order valence-corrected chi connectivity index (χ0v) is 16.2. The molecule has 0 N–H and O–H groups in total. The van der Waals surface area contributed by atoms with Crippen molar-refractivity contribution in [2.75, 3.05) is 11.4 Å². The number of aromatic nitrogens is 8. The summed E-state index contributed by atoms with van der Waals surface area (Å²) in [5.74, 6) is 2.38. The number of benzene rings is 1. The molecular weight excluding hydrogens is 366 g/mol. The highest BCUT2D eigenvalue weighted by molar-refractivity contribution is 5.57. The maximum Gasteiger partial charge on any atom is 0.227 e. The molecule has 0 fully saturated rings. The van der Waals surface area contributed by atoms with Crippen LogP contribution in [0, 0.1) is 6.92 Å². The van der Waals surface area contributed by atoms with Crippen LogP contribution in [-0.4, -0.2) is 46.5 Å². The molecule has 9 nitrogen and oxygen atoms in total. The summed E-state index contributed by atoms with van der Waals surface area (Å²) in [5, 5.41) is 22.0. The number of fused-ring (bicyclic) bond motifs is 1. The van der Waals surface area contributed by atoms with Gasteiger partial charge in [-0.3, -0.25) is 9.55 Å². The second-order valence-corrected chi connectivity index (χ2v) is 7.17. The molecule has 5 rings (SSSR count). The molecule has 9 heteroatoms. The molecule has 0 spiro atoms. The van der Waals surface area contributed by atoms with Crippen LogP contribution in [0.15, 0.2) is 48.8 Å². The molecule has 0 aliphatic carbocycles. The smallest absolute Gasteiger partial charge is 0.227 e. The van der Waals surface area contributed by atoms with Crippen molar-refractivity contribution in [2.24, 2.45) is 0 Å². The van der Waals surface area contributed by atoms with E-state index >= 15 is 0 Å². The second kappa shape index (κ2) is 7.42. The maximum atomic E-state index is 4.57. The van der Waals surface area contributed by atoms with E-state index in [1.54, 1.807) is 17.2 Å². The lowest BCUT2D eigenvalue weighted by Crippen LogP contribution is -2.26. The first-order valence-electron chi connectivity index (χ1n) is 9.72. The third kappa shape index (κ3) is 3.46. The minimum absolute atomic E-state index is 0.542. The van der Waals surface area contributed by atoms with Crippen LogP contribution in [0.5, 0.6) is 0 Å². The van der Waals surface area contributed by atoms with Gasteiger partial charge in [0.15, 0.2) is 11.6 Å². The summed E-state index contributed by atoms with van der Waals surface area (Å²) in [6, 6.07) is 12.0. The molecular formula is C20H21N9. The van der Waals surface area contributed by atoms with E-state index in [0.717, 1.165) is 54.5 Å². The lowest BCUT2D eigenvalue weighted by molar-refractivity contribution is 0.651. The topological polar surface area (TPSA) is 90.4 Å². The van der Waals surface area contributed by atoms with Gasteiger partial charge in [0.05, 0.1) is 12.2 Å². The first-order chi connectivity index (χ1) is 14.3. The fourth-order valence-corrected chi connectivity index (χ4v) is 3.61. The van der Waals surface area contributed by atoms with Crippen molar-refractivity contribution in [3.63, 3.8) is 0 Å². The quantitative estimate of drug-likeness (QED) is 0.531. The molecule has 1 aliphatic heterocycles. The van der Waals surface area contributed by atoms with E-state index in [1.165, 1.54) is 0 Å². The molecule has 1 aliphatic rings. The van der Waals surface area contributed by atoms with Gasteiger partial charge in [-0.15, -0.1) is 25.2 Å². The van der Waals surface area contributed by atoms with Gasteiger partial charge in [-0.25, -0.2) is 0 Å². The predicted molar refractivity (Wildman–Crippen MR) is 107 cm³/mol. The van der Waals surface area contributed by atoms with E-state index in [1.807, 2.05) is 43.3 Å². The van der Waals surface area contributed by atoms with E-state index in [0.29, 0.717) is 12.4 Å². The van der Waals surface area contributed by atoms with Crippen molar-refractivity contribution in [3.8, 4) is 17.1 Å². The first-order valence-corrected chi connectivity index (χ1v) is 9.72. The van der Waals surface area contributed by atoms with Crippen LogP contribution in [0.1, 0.15) is 24.2 Å². The molecule has 0 unspecified atom stereocenters. The van der Waals surface area contributed by atoms with Gasteiger partial charge >= 0.3 is 0 Å². The largest absolute Gasteiger partial charge is 0.333 e. The van der Waals surface area contributed by atoms with Crippen LogP contribution >= 0.6 is 0 Å². The van der Waals surface area contributed by atoms with Crippen molar-refractivity contribution in [1.29, 1.82) is 0 Å². The maximum absolute atomic E-state index is 4.57. The molecule has 0 saturated carbocycles. The van der Waals surface area contributed by atoms with Crippen LogP contribution in [0.2, 0.25) is 0 Å².